The Balaban J connectivity index is 0.00000196. The molecule has 0 bridgehead atoms. The topological polar surface area (TPSA) is 106 Å². The lowest BCUT2D eigenvalue weighted by atomic mass is 10.1. The van der Waals surface area contributed by atoms with Gasteiger partial charge in [-0.3, -0.25) is 0 Å². The molecule has 7 heteroatoms. The van der Waals surface area contributed by atoms with Gasteiger partial charge in [-0.2, -0.15) is 0 Å². The quantitative estimate of drug-likeness (QED) is 0.700. The standard InChI is InChI=1S/C8H12N2O3S.ClH/c1-5-2-6(4-9)8(11)7(3-5)14(10,12)13;/h2-3,11H,4,9H2,1H3,(H2,10,12,13);1H. The fraction of sp³-hybridized carbons (Fsp3) is 0.250. The molecule has 0 aliphatic rings. The van der Waals surface area contributed by atoms with E-state index < -0.39 is 10.0 Å². The Hall–Kier alpha value is -0.820. The molecule has 86 valence electrons. The number of hydrogen-bond acceptors (Lipinski definition) is 4. The molecule has 0 amide bonds. The minimum absolute atomic E-state index is 0. The number of phenolic OH excluding ortho intramolecular Hbond substituents is 1. The first-order valence-corrected chi connectivity index (χ1v) is 5.46. The van der Waals surface area contributed by atoms with Gasteiger partial charge in [0, 0.05) is 12.1 Å². The predicted octanol–water partition coefficient (Wildman–Crippen LogP) is 0.229. The van der Waals surface area contributed by atoms with Crippen molar-refractivity contribution >= 4 is 22.4 Å². The number of aromatic hydroxyl groups is 1. The maximum atomic E-state index is 11.1. The van der Waals surface area contributed by atoms with E-state index in [-0.39, 0.29) is 29.6 Å². The first-order valence-electron chi connectivity index (χ1n) is 3.91. The molecule has 0 radical (unpaired) electrons. The van der Waals surface area contributed by atoms with E-state index in [0.717, 1.165) is 0 Å². The highest BCUT2D eigenvalue weighted by atomic mass is 35.5. The lowest BCUT2D eigenvalue weighted by Gasteiger charge is -2.08. The van der Waals surface area contributed by atoms with Crippen LogP contribution in [0.1, 0.15) is 11.1 Å². The Kier molecular flexibility index (Phi) is 4.54. The zero-order valence-electron chi connectivity index (χ0n) is 8.10. The number of rotatable bonds is 2. The Morgan fingerprint density at radius 2 is 1.93 bits per heavy atom. The molecule has 1 rings (SSSR count). The normalized spacial score (nSPS) is 10.9. The van der Waals surface area contributed by atoms with Gasteiger partial charge >= 0.3 is 0 Å². The first kappa shape index (κ1) is 14.2. The van der Waals surface area contributed by atoms with E-state index in [1.165, 1.54) is 6.07 Å². The van der Waals surface area contributed by atoms with Crippen molar-refractivity contribution in [3.63, 3.8) is 0 Å². The SMILES string of the molecule is Cc1cc(CN)c(O)c(S(N)(=O)=O)c1.Cl. The van der Waals surface area contributed by atoms with Crippen molar-refractivity contribution in [3.05, 3.63) is 23.3 Å². The fourth-order valence-electron chi connectivity index (χ4n) is 1.19. The van der Waals surface area contributed by atoms with Crippen molar-refractivity contribution < 1.29 is 13.5 Å². The summed E-state index contributed by atoms with van der Waals surface area (Å²) in [5.41, 5.74) is 6.39. The second-order valence-electron chi connectivity index (χ2n) is 3.02. The summed E-state index contributed by atoms with van der Waals surface area (Å²) in [5.74, 6) is -0.361. The molecule has 0 unspecified atom stereocenters. The number of phenols is 1. The van der Waals surface area contributed by atoms with E-state index >= 15 is 0 Å². The Labute approximate surface area is 94.5 Å². The summed E-state index contributed by atoms with van der Waals surface area (Å²) in [7, 11) is -3.89. The smallest absolute Gasteiger partial charge is 0.241 e. The average Bonchev–Trinajstić information content (AvgIpc) is 2.06. The van der Waals surface area contributed by atoms with Gasteiger partial charge in [0.1, 0.15) is 10.6 Å². The molecule has 0 aromatic heterocycles. The van der Waals surface area contributed by atoms with Crippen LogP contribution in [0.15, 0.2) is 17.0 Å². The summed E-state index contributed by atoms with van der Waals surface area (Å²) in [4.78, 5) is -0.280. The molecule has 0 atom stereocenters. The van der Waals surface area contributed by atoms with E-state index in [1.807, 2.05) is 0 Å². The zero-order chi connectivity index (χ0) is 10.9. The van der Waals surface area contributed by atoms with Crippen molar-refractivity contribution in [1.29, 1.82) is 0 Å². The van der Waals surface area contributed by atoms with Crippen LogP contribution in [0.2, 0.25) is 0 Å². The van der Waals surface area contributed by atoms with E-state index in [1.54, 1.807) is 13.0 Å². The summed E-state index contributed by atoms with van der Waals surface area (Å²) in [5, 5.41) is 14.4. The molecule has 0 aliphatic carbocycles. The third-order valence-electron chi connectivity index (χ3n) is 1.82. The van der Waals surface area contributed by atoms with Crippen molar-refractivity contribution in [2.45, 2.75) is 18.4 Å². The molecule has 0 fully saturated rings. The van der Waals surface area contributed by atoms with Gasteiger partial charge in [0.05, 0.1) is 0 Å². The van der Waals surface area contributed by atoms with Crippen LogP contribution in [0.25, 0.3) is 0 Å². The maximum absolute atomic E-state index is 11.1. The lowest BCUT2D eigenvalue weighted by molar-refractivity contribution is 0.451. The number of benzene rings is 1. The molecular weight excluding hydrogens is 240 g/mol. The van der Waals surface area contributed by atoms with Crippen molar-refractivity contribution in [2.75, 3.05) is 0 Å². The number of halogens is 1. The van der Waals surface area contributed by atoms with Crippen LogP contribution in [0, 0.1) is 6.92 Å². The van der Waals surface area contributed by atoms with Crippen LogP contribution in [0.3, 0.4) is 0 Å². The molecular formula is C8H13ClN2O3S. The highest BCUT2D eigenvalue weighted by molar-refractivity contribution is 7.89. The van der Waals surface area contributed by atoms with Gasteiger partial charge in [0.2, 0.25) is 10.0 Å². The monoisotopic (exact) mass is 252 g/mol. The minimum Gasteiger partial charge on any atom is -0.506 e. The summed E-state index contributed by atoms with van der Waals surface area (Å²) < 4.78 is 22.1. The molecule has 5 N–H and O–H groups in total. The zero-order valence-corrected chi connectivity index (χ0v) is 9.73. The highest BCUT2D eigenvalue weighted by Gasteiger charge is 2.16. The van der Waals surface area contributed by atoms with Crippen molar-refractivity contribution in [2.24, 2.45) is 10.9 Å². The van der Waals surface area contributed by atoms with Crippen LogP contribution in [-0.2, 0) is 16.6 Å². The molecule has 15 heavy (non-hydrogen) atoms. The number of aryl methyl sites for hydroxylation is 1. The van der Waals surface area contributed by atoms with Gasteiger partial charge in [-0.05, 0) is 18.6 Å². The molecule has 0 spiro atoms. The lowest BCUT2D eigenvalue weighted by Crippen LogP contribution is -2.13. The largest absolute Gasteiger partial charge is 0.506 e. The Morgan fingerprint density at radius 1 is 1.40 bits per heavy atom. The predicted molar refractivity (Wildman–Crippen MR) is 59.4 cm³/mol. The van der Waals surface area contributed by atoms with Crippen LogP contribution in [0.4, 0.5) is 0 Å². The van der Waals surface area contributed by atoms with Crippen LogP contribution in [0.5, 0.6) is 5.75 Å². The molecule has 0 heterocycles. The third-order valence-corrected chi connectivity index (χ3v) is 2.75. The molecule has 0 aliphatic heterocycles. The Morgan fingerprint density at radius 3 is 2.33 bits per heavy atom. The molecule has 0 saturated heterocycles. The summed E-state index contributed by atoms with van der Waals surface area (Å²) in [6.07, 6.45) is 0. The summed E-state index contributed by atoms with van der Waals surface area (Å²) in [6, 6.07) is 2.92. The van der Waals surface area contributed by atoms with E-state index in [0.29, 0.717) is 11.1 Å². The molecule has 1 aromatic rings. The fourth-order valence-corrected chi connectivity index (χ4v) is 1.94. The van der Waals surface area contributed by atoms with Crippen LogP contribution in [-0.4, -0.2) is 13.5 Å². The number of hydrogen-bond donors (Lipinski definition) is 3. The molecule has 1 aromatic carbocycles. The van der Waals surface area contributed by atoms with Crippen molar-refractivity contribution in [3.8, 4) is 5.75 Å². The van der Waals surface area contributed by atoms with Gasteiger partial charge < -0.3 is 10.8 Å². The van der Waals surface area contributed by atoms with Gasteiger partial charge in [-0.1, -0.05) is 6.07 Å². The van der Waals surface area contributed by atoms with Crippen molar-refractivity contribution in [1.82, 2.24) is 0 Å². The van der Waals surface area contributed by atoms with Gasteiger partial charge in [-0.15, -0.1) is 12.4 Å². The number of nitrogens with two attached hydrogens (primary N) is 2. The van der Waals surface area contributed by atoms with Gasteiger partial charge in [0.25, 0.3) is 0 Å². The second kappa shape index (κ2) is 4.80. The van der Waals surface area contributed by atoms with E-state index in [9.17, 15) is 13.5 Å². The van der Waals surface area contributed by atoms with Gasteiger partial charge in [0.15, 0.2) is 0 Å². The maximum Gasteiger partial charge on any atom is 0.241 e. The average molecular weight is 253 g/mol. The van der Waals surface area contributed by atoms with Crippen LogP contribution < -0.4 is 10.9 Å². The summed E-state index contributed by atoms with van der Waals surface area (Å²) >= 11 is 0. The van der Waals surface area contributed by atoms with E-state index in [2.05, 4.69) is 0 Å². The van der Waals surface area contributed by atoms with Gasteiger partial charge in [-0.25, -0.2) is 13.6 Å². The Bertz CT molecular complexity index is 459. The third kappa shape index (κ3) is 3.07. The number of primary sulfonamides is 1. The van der Waals surface area contributed by atoms with E-state index in [4.69, 9.17) is 10.9 Å². The summed E-state index contributed by atoms with van der Waals surface area (Å²) in [6.45, 7) is 1.77. The molecule has 5 nitrogen and oxygen atoms in total. The molecule has 0 saturated carbocycles. The second-order valence-corrected chi connectivity index (χ2v) is 4.55. The minimum atomic E-state index is -3.89. The number of sulfonamides is 1. The highest BCUT2D eigenvalue weighted by Crippen LogP contribution is 2.27. The first-order chi connectivity index (χ1) is 6.36. The van der Waals surface area contributed by atoms with Crippen LogP contribution >= 0.6 is 12.4 Å².